The monoisotopic (exact) mass is 358 g/mol. The maximum Gasteiger partial charge on any atom is 0.245 e. The van der Waals surface area contributed by atoms with Crippen LogP contribution in [0.3, 0.4) is 0 Å². The molecule has 3 rings (SSSR count). The van der Waals surface area contributed by atoms with Gasteiger partial charge in [-0.05, 0) is 25.7 Å². The Hall–Kier alpha value is -0.850. The van der Waals surface area contributed by atoms with Crippen LogP contribution in [0.25, 0.3) is 0 Å². The highest BCUT2D eigenvalue weighted by molar-refractivity contribution is 5.88. The van der Waals surface area contributed by atoms with Crippen molar-refractivity contribution < 1.29 is 9.59 Å². The molecule has 6 nitrogen and oxygen atoms in total. The summed E-state index contributed by atoms with van der Waals surface area (Å²) in [5.74, 6) is 0.310. The van der Waals surface area contributed by atoms with Crippen molar-refractivity contribution in [3.05, 3.63) is 0 Å². The van der Waals surface area contributed by atoms with Crippen molar-refractivity contribution in [3.63, 3.8) is 0 Å². The molecule has 0 saturated carbocycles. The minimum atomic E-state index is -0.210. The summed E-state index contributed by atoms with van der Waals surface area (Å²) in [6.45, 7) is 8.57. The smallest absolute Gasteiger partial charge is 0.245 e. The highest BCUT2D eigenvalue weighted by Crippen LogP contribution is 2.23. The van der Waals surface area contributed by atoms with Gasteiger partial charge >= 0.3 is 0 Å². The minimum Gasteiger partial charge on any atom is -0.339 e. The Bertz CT molecular complexity index is 442. The van der Waals surface area contributed by atoms with Gasteiger partial charge in [0.05, 0.1) is 0 Å². The number of halogens is 1. The third-order valence-corrected chi connectivity index (χ3v) is 5.55. The van der Waals surface area contributed by atoms with Gasteiger partial charge in [0.2, 0.25) is 11.8 Å². The van der Waals surface area contributed by atoms with Crippen molar-refractivity contribution in [1.82, 2.24) is 20.0 Å². The van der Waals surface area contributed by atoms with Crippen LogP contribution in [0.4, 0.5) is 0 Å². The molecule has 0 aromatic carbocycles. The fraction of sp³-hybridized carbons (Fsp3) is 0.882. The minimum absolute atomic E-state index is 0. The van der Waals surface area contributed by atoms with E-state index >= 15 is 0 Å². The van der Waals surface area contributed by atoms with Gasteiger partial charge in [-0.3, -0.25) is 14.5 Å². The molecule has 3 aliphatic heterocycles. The van der Waals surface area contributed by atoms with Gasteiger partial charge < -0.3 is 15.1 Å². The SMILES string of the molecule is CCC(=O)N1CCCCC1C(=O)N1CCC(N2CCNCC2)C1.Cl. The molecule has 1 N–H and O–H groups in total. The van der Waals surface area contributed by atoms with E-state index in [0.29, 0.717) is 12.5 Å². The summed E-state index contributed by atoms with van der Waals surface area (Å²) in [5.41, 5.74) is 0. The Morgan fingerprint density at radius 1 is 1.04 bits per heavy atom. The third kappa shape index (κ3) is 4.21. The summed E-state index contributed by atoms with van der Waals surface area (Å²) in [6, 6.07) is 0.290. The summed E-state index contributed by atoms with van der Waals surface area (Å²) in [7, 11) is 0. The van der Waals surface area contributed by atoms with Gasteiger partial charge in [0.15, 0.2) is 0 Å². The molecule has 0 aromatic rings. The zero-order valence-corrected chi connectivity index (χ0v) is 15.5. The first-order valence-electron chi connectivity index (χ1n) is 9.23. The second-order valence-electron chi connectivity index (χ2n) is 6.96. The van der Waals surface area contributed by atoms with Crippen molar-refractivity contribution >= 4 is 24.2 Å². The molecule has 3 heterocycles. The summed E-state index contributed by atoms with van der Waals surface area (Å²) in [6.07, 6.45) is 4.48. The molecule has 0 spiro atoms. The van der Waals surface area contributed by atoms with E-state index in [1.165, 1.54) is 0 Å². The Morgan fingerprint density at radius 2 is 1.79 bits per heavy atom. The van der Waals surface area contributed by atoms with Crippen LogP contribution < -0.4 is 5.32 Å². The topological polar surface area (TPSA) is 55.9 Å². The first-order valence-corrected chi connectivity index (χ1v) is 9.23. The molecular weight excluding hydrogens is 328 g/mol. The molecule has 2 atom stereocenters. The van der Waals surface area contributed by atoms with Gasteiger partial charge in [0.25, 0.3) is 0 Å². The Kier molecular flexibility index (Phi) is 7.32. The Balaban J connectivity index is 0.00000208. The lowest BCUT2D eigenvalue weighted by Gasteiger charge is -2.37. The molecule has 3 fully saturated rings. The number of likely N-dealkylation sites (tertiary alicyclic amines) is 2. The predicted octanol–water partition coefficient (Wildman–Crippen LogP) is 0.705. The zero-order chi connectivity index (χ0) is 16.2. The van der Waals surface area contributed by atoms with Gasteiger partial charge in [0.1, 0.15) is 6.04 Å². The highest BCUT2D eigenvalue weighted by atomic mass is 35.5. The quantitative estimate of drug-likeness (QED) is 0.807. The summed E-state index contributed by atoms with van der Waals surface area (Å²) >= 11 is 0. The van der Waals surface area contributed by atoms with Crippen molar-refractivity contribution in [2.45, 2.75) is 51.1 Å². The van der Waals surface area contributed by atoms with Crippen LogP contribution in [0, 0.1) is 0 Å². The van der Waals surface area contributed by atoms with Crippen LogP contribution >= 0.6 is 12.4 Å². The maximum atomic E-state index is 13.0. The summed E-state index contributed by atoms with van der Waals surface area (Å²) < 4.78 is 0. The number of amides is 2. The van der Waals surface area contributed by atoms with E-state index in [9.17, 15) is 9.59 Å². The van der Waals surface area contributed by atoms with E-state index in [2.05, 4.69) is 10.2 Å². The van der Waals surface area contributed by atoms with Crippen molar-refractivity contribution in [2.75, 3.05) is 45.8 Å². The fourth-order valence-corrected chi connectivity index (χ4v) is 4.19. The van der Waals surface area contributed by atoms with E-state index in [1.54, 1.807) is 0 Å². The normalized spacial score (nSPS) is 28.5. The van der Waals surface area contributed by atoms with E-state index in [0.717, 1.165) is 71.5 Å². The molecule has 7 heteroatoms. The lowest BCUT2D eigenvalue weighted by atomic mass is 10.0. The number of hydrogen-bond donors (Lipinski definition) is 1. The molecule has 3 aliphatic rings. The molecular formula is C17H31ClN4O2. The second kappa shape index (κ2) is 9.02. The molecule has 0 radical (unpaired) electrons. The number of nitrogens with one attached hydrogen (secondary N) is 1. The second-order valence-corrected chi connectivity index (χ2v) is 6.96. The average Bonchev–Trinajstić information content (AvgIpc) is 3.11. The van der Waals surface area contributed by atoms with Crippen molar-refractivity contribution in [1.29, 1.82) is 0 Å². The van der Waals surface area contributed by atoms with E-state index < -0.39 is 0 Å². The molecule has 0 aliphatic carbocycles. The fourth-order valence-electron chi connectivity index (χ4n) is 4.19. The van der Waals surface area contributed by atoms with Gasteiger partial charge in [0, 0.05) is 58.3 Å². The van der Waals surface area contributed by atoms with Gasteiger partial charge in [-0.15, -0.1) is 12.4 Å². The first kappa shape index (κ1) is 19.5. The lowest BCUT2D eigenvalue weighted by Crippen LogP contribution is -2.53. The van der Waals surface area contributed by atoms with Gasteiger partial charge in [-0.1, -0.05) is 6.92 Å². The molecule has 138 valence electrons. The first-order chi connectivity index (χ1) is 11.2. The van der Waals surface area contributed by atoms with Gasteiger partial charge in [-0.25, -0.2) is 0 Å². The number of hydrogen-bond acceptors (Lipinski definition) is 4. The molecule has 3 saturated heterocycles. The Labute approximate surface area is 151 Å². The van der Waals surface area contributed by atoms with E-state index in [1.807, 2.05) is 16.7 Å². The zero-order valence-electron chi connectivity index (χ0n) is 14.7. The van der Waals surface area contributed by atoms with Crippen LogP contribution in [0.5, 0.6) is 0 Å². The molecule has 24 heavy (non-hydrogen) atoms. The number of piperazine rings is 1. The summed E-state index contributed by atoms with van der Waals surface area (Å²) in [5, 5.41) is 3.38. The number of carbonyl (C=O) groups is 2. The maximum absolute atomic E-state index is 13.0. The number of nitrogens with zero attached hydrogens (tertiary/aromatic N) is 3. The van der Waals surface area contributed by atoms with E-state index in [-0.39, 0.29) is 30.3 Å². The summed E-state index contributed by atoms with van der Waals surface area (Å²) in [4.78, 5) is 31.5. The number of carbonyl (C=O) groups excluding carboxylic acids is 2. The standard InChI is InChI=1S/C17H30N4O2.ClH/c1-2-16(22)21-9-4-3-5-15(21)17(23)20-10-6-14(13-20)19-11-7-18-8-12-19;/h14-15,18H,2-13H2,1H3;1H. The lowest BCUT2D eigenvalue weighted by molar-refractivity contribution is -0.147. The molecule has 2 amide bonds. The molecule has 0 aromatic heterocycles. The van der Waals surface area contributed by atoms with Crippen LogP contribution in [0.15, 0.2) is 0 Å². The third-order valence-electron chi connectivity index (χ3n) is 5.55. The average molecular weight is 359 g/mol. The highest BCUT2D eigenvalue weighted by Gasteiger charge is 2.38. The van der Waals surface area contributed by atoms with Crippen LogP contribution in [-0.2, 0) is 9.59 Å². The molecule has 2 unspecified atom stereocenters. The Morgan fingerprint density at radius 3 is 2.50 bits per heavy atom. The van der Waals surface area contributed by atoms with Crippen molar-refractivity contribution in [2.24, 2.45) is 0 Å². The predicted molar refractivity (Wildman–Crippen MR) is 96.3 cm³/mol. The van der Waals surface area contributed by atoms with E-state index in [4.69, 9.17) is 0 Å². The van der Waals surface area contributed by atoms with Crippen molar-refractivity contribution in [3.8, 4) is 0 Å². The largest absolute Gasteiger partial charge is 0.339 e. The van der Waals surface area contributed by atoms with Crippen LogP contribution in [0.1, 0.15) is 39.0 Å². The number of rotatable bonds is 3. The van der Waals surface area contributed by atoms with Gasteiger partial charge in [-0.2, -0.15) is 0 Å². The number of piperidine rings is 1. The van der Waals surface area contributed by atoms with Crippen LogP contribution in [0.2, 0.25) is 0 Å². The van der Waals surface area contributed by atoms with Crippen LogP contribution in [-0.4, -0.2) is 84.4 Å². The molecule has 0 bridgehead atoms.